The van der Waals surface area contributed by atoms with Crippen molar-refractivity contribution in [3.63, 3.8) is 0 Å². The number of hydrogen-bond acceptors (Lipinski definition) is 2. The lowest BCUT2D eigenvalue weighted by atomic mass is 10.2. The number of fused-ring (bicyclic) bond motifs is 1. The highest BCUT2D eigenvalue weighted by Gasteiger charge is 2.03. The molecule has 0 saturated carbocycles. The van der Waals surface area contributed by atoms with Gasteiger partial charge in [0.15, 0.2) is 0 Å². The number of aryl methyl sites for hydroxylation is 2. The molecule has 2 heterocycles. The van der Waals surface area contributed by atoms with Gasteiger partial charge in [-0.15, -0.1) is 0 Å². The molecule has 3 heteroatoms. The van der Waals surface area contributed by atoms with Gasteiger partial charge >= 0.3 is 0 Å². The molecular formula is C10H9N3. The van der Waals surface area contributed by atoms with Crippen molar-refractivity contribution < 1.29 is 0 Å². The van der Waals surface area contributed by atoms with E-state index in [1.807, 2.05) is 30.5 Å². The molecule has 0 bridgehead atoms. The van der Waals surface area contributed by atoms with Crippen molar-refractivity contribution >= 4 is 5.65 Å². The molecule has 0 aliphatic carbocycles. The largest absolute Gasteiger partial charge is 0.303 e. The minimum atomic E-state index is 0.699. The first-order valence-corrected chi connectivity index (χ1v) is 4.08. The standard InChI is InChI=1S/C10H9N3/c1-7-6-13-8(2)9(5-11)3-4-10(13)12-7/h3-4,6H,1-2H3. The van der Waals surface area contributed by atoms with Gasteiger partial charge in [0.05, 0.1) is 11.3 Å². The van der Waals surface area contributed by atoms with Crippen molar-refractivity contribution in [2.24, 2.45) is 0 Å². The Morgan fingerprint density at radius 1 is 1.38 bits per heavy atom. The topological polar surface area (TPSA) is 41.1 Å². The first-order valence-electron chi connectivity index (χ1n) is 4.08. The summed E-state index contributed by atoms with van der Waals surface area (Å²) in [6.07, 6.45) is 1.94. The fraction of sp³-hybridized carbons (Fsp3) is 0.200. The third-order valence-electron chi connectivity index (χ3n) is 2.12. The lowest BCUT2D eigenvalue weighted by Crippen LogP contribution is -1.93. The molecule has 0 fully saturated rings. The first kappa shape index (κ1) is 7.81. The molecule has 64 valence electrons. The Morgan fingerprint density at radius 2 is 2.15 bits per heavy atom. The van der Waals surface area contributed by atoms with Crippen LogP contribution in [0.3, 0.4) is 0 Å². The van der Waals surface area contributed by atoms with Crippen LogP contribution in [0.4, 0.5) is 0 Å². The average molecular weight is 171 g/mol. The molecule has 2 aromatic rings. The quantitative estimate of drug-likeness (QED) is 0.606. The predicted molar refractivity (Wildman–Crippen MR) is 49.4 cm³/mol. The molecule has 0 aromatic carbocycles. The van der Waals surface area contributed by atoms with E-state index in [0.717, 1.165) is 17.0 Å². The second kappa shape index (κ2) is 2.60. The van der Waals surface area contributed by atoms with Gasteiger partial charge in [-0.1, -0.05) is 0 Å². The van der Waals surface area contributed by atoms with E-state index >= 15 is 0 Å². The van der Waals surface area contributed by atoms with Crippen molar-refractivity contribution in [1.29, 1.82) is 5.26 Å². The Labute approximate surface area is 76.3 Å². The van der Waals surface area contributed by atoms with Gasteiger partial charge in [0.2, 0.25) is 0 Å². The highest BCUT2D eigenvalue weighted by molar-refractivity contribution is 5.47. The Hall–Kier alpha value is -1.82. The van der Waals surface area contributed by atoms with Crippen LogP contribution in [-0.4, -0.2) is 9.38 Å². The molecule has 0 saturated heterocycles. The molecule has 0 unspecified atom stereocenters. The van der Waals surface area contributed by atoms with Gasteiger partial charge in [0, 0.05) is 11.9 Å². The summed E-state index contributed by atoms with van der Waals surface area (Å²) in [7, 11) is 0. The number of hydrogen-bond donors (Lipinski definition) is 0. The monoisotopic (exact) mass is 171 g/mol. The summed E-state index contributed by atoms with van der Waals surface area (Å²) < 4.78 is 1.94. The maximum Gasteiger partial charge on any atom is 0.137 e. The Balaban J connectivity index is 2.87. The smallest absolute Gasteiger partial charge is 0.137 e. The lowest BCUT2D eigenvalue weighted by molar-refractivity contribution is 1.08. The Kier molecular flexibility index (Phi) is 1.56. The molecule has 0 amide bonds. The van der Waals surface area contributed by atoms with Crippen LogP contribution in [0.1, 0.15) is 17.0 Å². The zero-order chi connectivity index (χ0) is 9.42. The van der Waals surface area contributed by atoms with E-state index in [-0.39, 0.29) is 0 Å². The van der Waals surface area contributed by atoms with Crippen LogP contribution in [-0.2, 0) is 0 Å². The summed E-state index contributed by atoms with van der Waals surface area (Å²) in [5.74, 6) is 0. The maximum atomic E-state index is 8.80. The number of imidazole rings is 1. The lowest BCUT2D eigenvalue weighted by Gasteiger charge is -2.00. The van der Waals surface area contributed by atoms with Crippen LogP contribution in [0.15, 0.2) is 18.3 Å². The van der Waals surface area contributed by atoms with Crippen LogP contribution in [0, 0.1) is 25.2 Å². The van der Waals surface area contributed by atoms with E-state index in [4.69, 9.17) is 5.26 Å². The minimum Gasteiger partial charge on any atom is -0.303 e. The SMILES string of the molecule is Cc1cn2c(C)c(C#N)ccc2n1. The van der Waals surface area contributed by atoms with Crippen LogP contribution in [0.2, 0.25) is 0 Å². The van der Waals surface area contributed by atoms with Crippen molar-refractivity contribution in [1.82, 2.24) is 9.38 Å². The zero-order valence-corrected chi connectivity index (χ0v) is 7.57. The number of aromatic nitrogens is 2. The molecule has 0 radical (unpaired) electrons. The fourth-order valence-electron chi connectivity index (χ4n) is 1.43. The van der Waals surface area contributed by atoms with Crippen LogP contribution < -0.4 is 0 Å². The summed E-state index contributed by atoms with van der Waals surface area (Å²) in [5, 5.41) is 8.80. The summed E-state index contributed by atoms with van der Waals surface area (Å²) >= 11 is 0. The van der Waals surface area contributed by atoms with Crippen LogP contribution in [0.5, 0.6) is 0 Å². The first-order chi connectivity index (χ1) is 6.22. The van der Waals surface area contributed by atoms with Crippen molar-refractivity contribution in [2.75, 3.05) is 0 Å². The Bertz CT molecular complexity index is 503. The summed E-state index contributed by atoms with van der Waals surface area (Å²) in [5.41, 5.74) is 3.51. The molecular weight excluding hydrogens is 162 g/mol. The van der Waals surface area contributed by atoms with E-state index in [0.29, 0.717) is 5.56 Å². The van der Waals surface area contributed by atoms with Gasteiger partial charge in [-0.05, 0) is 26.0 Å². The molecule has 3 nitrogen and oxygen atoms in total. The number of nitrogens with zero attached hydrogens (tertiary/aromatic N) is 3. The summed E-state index contributed by atoms with van der Waals surface area (Å²) in [6, 6.07) is 5.81. The molecule has 2 aromatic heterocycles. The number of nitriles is 1. The van der Waals surface area contributed by atoms with Gasteiger partial charge in [-0.2, -0.15) is 5.26 Å². The van der Waals surface area contributed by atoms with Gasteiger partial charge in [0.25, 0.3) is 0 Å². The van der Waals surface area contributed by atoms with E-state index < -0.39 is 0 Å². The van der Waals surface area contributed by atoms with Gasteiger partial charge in [-0.25, -0.2) is 4.98 Å². The normalized spacial score (nSPS) is 10.2. The highest BCUT2D eigenvalue weighted by atomic mass is 15.0. The minimum absolute atomic E-state index is 0.699. The highest BCUT2D eigenvalue weighted by Crippen LogP contribution is 2.11. The van der Waals surface area contributed by atoms with E-state index in [1.54, 1.807) is 6.07 Å². The van der Waals surface area contributed by atoms with Gasteiger partial charge < -0.3 is 4.40 Å². The average Bonchev–Trinajstić information content (AvgIpc) is 2.47. The number of pyridine rings is 1. The summed E-state index contributed by atoms with van der Waals surface area (Å²) in [4.78, 5) is 4.30. The molecule has 13 heavy (non-hydrogen) atoms. The van der Waals surface area contributed by atoms with Crippen molar-refractivity contribution in [3.8, 4) is 6.07 Å². The van der Waals surface area contributed by atoms with E-state index in [9.17, 15) is 0 Å². The second-order valence-electron chi connectivity index (χ2n) is 3.05. The van der Waals surface area contributed by atoms with Crippen molar-refractivity contribution in [2.45, 2.75) is 13.8 Å². The molecule has 0 aliphatic heterocycles. The van der Waals surface area contributed by atoms with E-state index in [1.165, 1.54) is 0 Å². The molecule has 0 N–H and O–H groups in total. The maximum absolute atomic E-state index is 8.80. The molecule has 0 spiro atoms. The van der Waals surface area contributed by atoms with Crippen LogP contribution in [0.25, 0.3) is 5.65 Å². The zero-order valence-electron chi connectivity index (χ0n) is 7.57. The second-order valence-corrected chi connectivity index (χ2v) is 3.05. The predicted octanol–water partition coefficient (Wildman–Crippen LogP) is 1.82. The van der Waals surface area contributed by atoms with Crippen LogP contribution >= 0.6 is 0 Å². The summed E-state index contributed by atoms with van der Waals surface area (Å²) in [6.45, 7) is 3.87. The molecule has 0 atom stereocenters. The Morgan fingerprint density at radius 3 is 2.85 bits per heavy atom. The third kappa shape index (κ3) is 1.07. The fourth-order valence-corrected chi connectivity index (χ4v) is 1.43. The van der Waals surface area contributed by atoms with Gasteiger partial charge in [-0.3, -0.25) is 0 Å². The molecule has 2 rings (SSSR count). The molecule has 0 aliphatic rings. The van der Waals surface area contributed by atoms with Crippen molar-refractivity contribution in [3.05, 3.63) is 35.3 Å². The third-order valence-corrected chi connectivity index (χ3v) is 2.12. The van der Waals surface area contributed by atoms with Gasteiger partial charge in [0.1, 0.15) is 11.7 Å². The van der Waals surface area contributed by atoms with E-state index in [2.05, 4.69) is 11.1 Å². The number of rotatable bonds is 0.